The summed E-state index contributed by atoms with van der Waals surface area (Å²) < 4.78 is 4.96. The van der Waals surface area contributed by atoms with Crippen LogP contribution in [0.15, 0.2) is 30.5 Å². The van der Waals surface area contributed by atoms with E-state index < -0.39 is 0 Å². The second-order valence-corrected chi connectivity index (χ2v) is 4.70. The molecule has 7 heteroatoms. The fourth-order valence-corrected chi connectivity index (χ4v) is 1.87. The monoisotopic (exact) mass is 312 g/mol. The van der Waals surface area contributed by atoms with Crippen LogP contribution in [0.2, 0.25) is 10.0 Å². The number of anilines is 3. The lowest BCUT2D eigenvalue weighted by Gasteiger charge is -2.09. The van der Waals surface area contributed by atoms with E-state index in [0.717, 1.165) is 0 Å². The molecule has 1 aromatic heterocycles. The SMILES string of the molecule is COCCNc1ccnc(Nc2cccc(Cl)c2Cl)n1. The molecular weight excluding hydrogens is 299 g/mol. The number of benzene rings is 1. The van der Waals surface area contributed by atoms with Gasteiger partial charge in [-0.25, -0.2) is 4.98 Å². The Kier molecular flexibility index (Phi) is 5.40. The third-order valence-electron chi connectivity index (χ3n) is 2.47. The summed E-state index contributed by atoms with van der Waals surface area (Å²) in [7, 11) is 1.65. The van der Waals surface area contributed by atoms with Crippen molar-refractivity contribution in [1.29, 1.82) is 0 Å². The molecule has 0 aliphatic rings. The number of nitrogens with one attached hydrogen (secondary N) is 2. The van der Waals surface area contributed by atoms with Crippen LogP contribution in [0, 0.1) is 0 Å². The lowest BCUT2D eigenvalue weighted by Crippen LogP contribution is -2.09. The minimum absolute atomic E-state index is 0.440. The summed E-state index contributed by atoms with van der Waals surface area (Å²) in [5, 5.41) is 7.07. The Morgan fingerprint density at radius 3 is 2.90 bits per heavy atom. The van der Waals surface area contributed by atoms with E-state index in [1.54, 1.807) is 31.5 Å². The molecule has 0 atom stereocenters. The second kappa shape index (κ2) is 7.28. The Bertz CT molecular complexity index is 580. The van der Waals surface area contributed by atoms with Crippen LogP contribution in [0.5, 0.6) is 0 Å². The van der Waals surface area contributed by atoms with E-state index in [0.29, 0.717) is 40.7 Å². The third kappa shape index (κ3) is 3.96. The highest BCUT2D eigenvalue weighted by Gasteiger charge is 2.06. The van der Waals surface area contributed by atoms with Crippen LogP contribution in [0.25, 0.3) is 0 Å². The smallest absolute Gasteiger partial charge is 0.229 e. The van der Waals surface area contributed by atoms with Gasteiger partial charge in [0.25, 0.3) is 0 Å². The Hall–Kier alpha value is -1.56. The van der Waals surface area contributed by atoms with Crippen molar-refractivity contribution >= 4 is 40.7 Å². The van der Waals surface area contributed by atoms with Gasteiger partial charge in [-0.15, -0.1) is 0 Å². The van der Waals surface area contributed by atoms with E-state index in [9.17, 15) is 0 Å². The number of nitrogens with zero attached hydrogens (tertiary/aromatic N) is 2. The first-order valence-electron chi connectivity index (χ1n) is 5.97. The quantitative estimate of drug-likeness (QED) is 0.798. The average molecular weight is 313 g/mol. The van der Waals surface area contributed by atoms with Gasteiger partial charge >= 0.3 is 0 Å². The number of ether oxygens (including phenoxy) is 1. The summed E-state index contributed by atoms with van der Waals surface area (Å²) in [5.41, 5.74) is 0.660. The molecule has 2 aromatic rings. The maximum atomic E-state index is 6.10. The van der Waals surface area contributed by atoms with Gasteiger partial charge in [-0.1, -0.05) is 29.3 Å². The molecule has 0 fully saturated rings. The molecule has 2 N–H and O–H groups in total. The van der Waals surface area contributed by atoms with E-state index in [-0.39, 0.29) is 0 Å². The summed E-state index contributed by atoms with van der Waals surface area (Å²) >= 11 is 12.1. The molecule has 0 amide bonds. The van der Waals surface area contributed by atoms with Crippen LogP contribution in [0.4, 0.5) is 17.5 Å². The van der Waals surface area contributed by atoms with Crippen LogP contribution in [0.1, 0.15) is 0 Å². The third-order valence-corrected chi connectivity index (χ3v) is 3.28. The van der Waals surface area contributed by atoms with Crippen molar-refractivity contribution in [1.82, 2.24) is 9.97 Å². The number of methoxy groups -OCH3 is 1. The van der Waals surface area contributed by atoms with Crippen molar-refractivity contribution in [3.8, 4) is 0 Å². The zero-order valence-electron chi connectivity index (χ0n) is 10.9. The van der Waals surface area contributed by atoms with Crippen LogP contribution < -0.4 is 10.6 Å². The molecule has 0 aliphatic carbocycles. The molecule has 0 saturated carbocycles. The van der Waals surface area contributed by atoms with Gasteiger partial charge in [0.2, 0.25) is 5.95 Å². The van der Waals surface area contributed by atoms with E-state index in [1.165, 1.54) is 0 Å². The van der Waals surface area contributed by atoms with Gasteiger partial charge in [-0.05, 0) is 18.2 Å². The predicted octanol–water partition coefficient (Wildman–Crippen LogP) is 3.59. The van der Waals surface area contributed by atoms with Crippen molar-refractivity contribution in [2.24, 2.45) is 0 Å². The maximum absolute atomic E-state index is 6.10. The van der Waals surface area contributed by atoms with Crippen LogP contribution >= 0.6 is 23.2 Å². The number of hydrogen-bond donors (Lipinski definition) is 2. The molecule has 0 unspecified atom stereocenters. The second-order valence-electron chi connectivity index (χ2n) is 3.91. The molecule has 0 spiro atoms. The van der Waals surface area contributed by atoms with Crippen molar-refractivity contribution in [2.75, 3.05) is 30.9 Å². The summed E-state index contributed by atoms with van der Waals surface area (Å²) in [6, 6.07) is 7.11. The van der Waals surface area contributed by atoms with Crippen molar-refractivity contribution in [2.45, 2.75) is 0 Å². The van der Waals surface area contributed by atoms with Crippen molar-refractivity contribution in [3.63, 3.8) is 0 Å². The maximum Gasteiger partial charge on any atom is 0.229 e. The Labute approximate surface area is 127 Å². The lowest BCUT2D eigenvalue weighted by atomic mass is 10.3. The van der Waals surface area contributed by atoms with Gasteiger partial charge in [0.1, 0.15) is 5.82 Å². The van der Waals surface area contributed by atoms with Gasteiger partial charge < -0.3 is 15.4 Å². The Morgan fingerprint density at radius 2 is 2.10 bits per heavy atom. The molecule has 1 heterocycles. The molecule has 5 nitrogen and oxygen atoms in total. The van der Waals surface area contributed by atoms with E-state index in [4.69, 9.17) is 27.9 Å². The Balaban J connectivity index is 2.09. The molecular formula is C13H14Cl2N4O. The first kappa shape index (κ1) is 14.8. The highest BCUT2D eigenvalue weighted by Crippen LogP contribution is 2.30. The standard InChI is InChI=1S/C13H14Cl2N4O/c1-20-8-7-16-11-5-6-17-13(19-11)18-10-4-2-3-9(14)12(10)15/h2-6H,7-8H2,1H3,(H2,16,17,18,19). The summed E-state index contributed by atoms with van der Waals surface area (Å²) in [4.78, 5) is 8.46. The number of rotatable bonds is 6. The van der Waals surface area contributed by atoms with Gasteiger partial charge in [-0.2, -0.15) is 4.98 Å². The minimum Gasteiger partial charge on any atom is -0.383 e. The number of halogens is 2. The summed E-state index contributed by atoms with van der Waals surface area (Å²) in [6.45, 7) is 1.28. The minimum atomic E-state index is 0.440. The van der Waals surface area contributed by atoms with Crippen LogP contribution in [-0.2, 0) is 4.74 Å². The lowest BCUT2D eigenvalue weighted by molar-refractivity contribution is 0.210. The topological polar surface area (TPSA) is 59.1 Å². The molecule has 0 aliphatic heterocycles. The number of aromatic nitrogens is 2. The molecule has 0 radical (unpaired) electrons. The van der Waals surface area contributed by atoms with Gasteiger partial charge in [0.05, 0.1) is 22.3 Å². The molecule has 0 saturated heterocycles. The van der Waals surface area contributed by atoms with E-state index >= 15 is 0 Å². The fourth-order valence-electron chi connectivity index (χ4n) is 1.52. The predicted molar refractivity (Wildman–Crippen MR) is 82.1 cm³/mol. The summed E-state index contributed by atoms with van der Waals surface area (Å²) in [5.74, 6) is 1.15. The van der Waals surface area contributed by atoms with Gasteiger partial charge in [-0.3, -0.25) is 0 Å². The van der Waals surface area contributed by atoms with Crippen molar-refractivity contribution in [3.05, 3.63) is 40.5 Å². The van der Waals surface area contributed by atoms with E-state index in [2.05, 4.69) is 20.6 Å². The molecule has 1 aromatic carbocycles. The molecule has 106 valence electrons. The Morgan fingerprint density at radius 1 is 1.25 bits per heavy atom. The first-order chi connectivity index (χ1) is 9.70. The van der Waals surface area contributed by atoms with Crippen molar-refractivity contribution < 1.29 is 4.74 Å². The van der Waals surface area contributed by atoms with Gasteiger partial charge in [0, 0.05) is 19.9 Å². The average Bonchev–Trinajstić information content (AvgIpc) is 2.45. The first-order valence-corrected chi connectivity index (χ1v) is 6.73. The molecule has 2 rings (SSSR count). The van der Waals surface area contributed by atoms with E-state index in [1.807, 2.05) is 6.07 Å². The van der Waals surface area contributed by atoms with Crippen LogP contribution in [0.3, 0.4) is 0 Å². The highest BCUT2D eigenvalue weighted by molar-refractivity contribution is 6.43. The largest absolute Gasteiger partial charge is 0.383 e. The zero-order valence-corrected chi connectivity index (χ0v) is 12.4. The zero-order chi connectivity index (χ0) is 14.4. The number of hydrogen-bond acceptors (Lipinski definition) is 5. The van der Waals surface area contributed by atoms with Gasteiger partial charge in [0.15, 0.2) is 0 Å². The molecule has 0 bridgehead atoms. The fraction of sp³-hybridized carbons (Fsp3) is 0.231. The summed E-state index contributed by atoms with van der Waals surface area (Å²) in [6.07, 6.45) is 1.66. The normalized spacial score (nSPS) is 10.3. The van der Waals surface area contributed by atoms with Crippen LogP contribution in [-0.4, -0.2) is 30.2 Å². The molecule has 20 heavy (non-hydrogen) atoms. The highest BCUT2D eigenvalue weighted by atomic mass is 35.5.